The summed E-state index contributed by atoms with van der Waals surface area (Å²) in [5.74, 6) is 1.03. The topological polar surface area (TPSA) is 112 Å². The third-order valence-corrected chi connectivity index (χ3v) is 4.16. The zero-order chi connectivity index (χ0) is 19.4. The van der Waals surface area contributed by atoms with E-state index in [9.17, 15) is 9.59 Å². The molecule has 9 nitrogen and oxygen atoms in total. The van der Waals surface area contributed by atoms with E-state index in [4.69, 9.17) is 18.7 Å². The molecule has 2 atom stereocenters. The zero-order valence-electron chi connectivity index (χ0n) is 15.3. The summed E-state index contributed by atoms with van der Waals surface area (Å²) in [5, 5.41) is 9.39. The standard InChI is InChI=1S/C18H21N3O6/c1-10-6-12(21-27-10)8-19-18(23)17-16(20-15(22)9-26-17)11-4-5-13(24-2)14(7-11)25-3/h4-7,16-17H,8-9H2,1-3H3,(H,19,23)(H,20,22). The van der Waals surface area contributed by atoms with Gasteiger partial charge in [0.1, 0.15) is 18.1 Å². The van der Waals surface area contributed by atoms with Crippen molar-refractivity contribution < 1.29 is 28.3 Å². The van der Waals surface area contributed by atoms with Crippen molar-refractivity contribution in [3.8, 4) is 11.5 Å². The van der Waals surface area contributed by atoms with Crippen LogP contribution in [0.4, 0.5) is 0 Å². The zero-order valence-corrected chi connectivity index (χ0v) is 15.3. The highest BCUT2D eigenvalue weighted by atomic mass is 16.5. The van der Waals surface area contributed by atoms with Crippen LogP contribution in [0, 0.1) is 6.92 Å². The van der Waals surface area contributed by atoms with Gasteiger partial charge in [0.25, 0.3) is 5.91 Å². The Morgan fingerprint density at radius 3 is 2.74 bits per heavy atom. The van der Waals surface area contributed by atoms with Gasteiger partial charge in [-0.15, -0.1) is 0 Å². The molecule has 2 heterocycles. The molecule has 0 aliphatic carbocycles. The molecule has 1 saturated heterocycles. The summed E-state index contributed by atoms with van der Waals surface area (Å²) in [6.07, 6.45) is -0.895. The van der Waals surface area contributed by atoms with E-state index in [1.807, 2.05) is 0 Å². The molecule has 9 heteroatoms. The maximum absolute atomic E-state index is 12.6. The molecular formula is C18H21N3O6. The second-order valence-corrected chi connectivity index (χ2v) is 6.04. The van der Waals surface area contributed by atoms with Crippen molar-refractivity contribution in [2.24, 2.45) is 0 Å². The lowest BCUT2D eigenvalue weighted by Crippen LogP contribution is -2.52. The van der Waals surface area contributed by atoms with Crippen LogP contribution in [0.3, 0.4) is 0 Å². The number of rotatable bonds is 6. The molecule has 1 fully saturated rings. The van der Waals surface area contributed by atoms with Crippen LogP contribution in [0.25, 0.3) is 0 Å². The van der Waals surface area contributed by atoms with Crippen molar-refractivity contribution in [1.82, 2.24) is 15.8 Å². The molecule has 0 spiro atoms. The monoisotopic (exact) mass is 375 g/mol. The first-order valence-corrected chi connectivity index (χ1v) is 8.34. The van der Waals surface area contributed by atoms with Crippen LogP contribution in [0.2, 0.25) is 0 Å². The molecule has 1 aliphatic heterocycles. The maximum Gasteiger partial charge on any atom is 0.251 e. The van der Waals surface area contributed by atoms with Crippen LogP contribution in [0.5, 0.6) is 11.5 Å². The highest BCUT2D eigenvalue weighted by Crippen LogP contribution is 2.32. The van der Waals surface area contributed by atoms with Crippen molar-refractivity contribution in [2.45, 2.75) is 25.6 Å². The summed E-state index contributed by atoms with van der Waals surface area (Å²) in [4.78, 5) is 24.5. The number of benzene rings is 1. The average molecular weight is 375 g/mol. The molecule has 0 bridgehead atoms. The summed E-state index contributed by atoms with van der Waals surface area (Å²) in [6, 6.07) is 6.24. The van der Waals surface area contributed by atoms with Gasteiger partial charge in [-0.2, -0.15) is 0 Å². The Morgan fingerprint density at radius 2 is 2.07 bits per heavy atom. The van der Waals surface area contributed by atoms with E-state index in [0.29, 0.717) is 28.5 Å². The molecular weight excluding hydrogens is 354 g/mol. The van der Waals surface area contributed by atoms with Gasteiger partial charge in [0.05, 0.1) is 26.8 Å². The number of hydrogen-bond acceptors (Lipinski definition) is 7. The number of hydrogen-bond donors (Lipinski definition) is 2. The first-order chi connectivity index (χ1) is 13.0. The minimum atomic E-state index is -0.895. The smallest absolute Gasteiger partial charge is 0.251 e. The van der Waals surface area contributed by atoms with Gasteiger partial charge >= 0.3 is 0 Å². The van der Waals surface area contributed by atoms with Crippen molar-refractivity contribution >= 4 is 11.8 Å². The quantitative estimate of drug-likeness (QED) is 0.770. The van der Waals surface area contributed by atoms with E-state index < -0.39 is 12.1 Å². The number of morpholine rings is 1. The van der Waals surface area contributed by atoms with Crippen LogP contribution in [0.1, 0.15) is 23.1 Å². The van der Waals surface area contributed by atoms with E-state index in [1.165, 1.54) is 14.2 Å². The molecule has 2 amide bonds. The lowest BCUT2D eigenvalue weighted by molar-refractivity contribution is -0.148. The van der Waals surface area contributed by atoms with Gasteiger partial charge in [-0.05, 0) is 24.6 Å². The van der Waals surface area contributed by atoms with Crippen LogP contribution in [-0.4, -0.2) is 43.9 Å². The van der Waals surface area contributed by atoms with Crippen molar-refractivity contribution in [1.29, 1.82) is 0 Å². The van der Waals surface area contributed by atoms with Crippen LogP contribution in [-0.2, 0) is 20.9 Å². The van der Waals surface area contributed by atoms with Crippen LogP contribution in [0.15, 0.2) is 28.8 Å². The van der Waals surface area contributed by atoms with Crippen molar-refractivity contribution in [2.75, 3.05) is 20.8 Å². The summed E-state index contributed by atoms with van der Waals surface area (Å²) in [5.41, 5.74) is 1.27. The fourth-order valence-corrected chi connectivity index (χ4v) is 2.86. The second-order valence-electron chi connectivity index (χ2n) is 6.04. The lowest BCUT2D eigenvalue weighted by Gasteiger charge is -2.32. The number of aromatic nitrogens is 1. The molecule has 27 heavy (non-hydrogen) atoms. The van der Waals surface area contributed by atoms with E-state index in [0.717, 1.165) is 0 Å². The van der Waals surface area contributed by atoms with Crippen molar-refractivity contribution in [3.63, 3.8) is 0 Å². The lowest BCUT2D eigenvalue weighted by atomic mass is 9.98. The molecule has 1 aromatic heterocycles. The first-order valence-electron chi connectivity index (χ1n) is 8.34. The Bertz CT molecular complexity index is 834. The maximum atomic E-state index is 12.6. The number of ether oxygens (including phenoxy) is 3. The fraction of sp³-hybridized carbons (Fsp3) is 0.389. The second kappa shape index (κ2) is 8.09. The van der Waals surface area contributed by atoms with Gasteiger partial charge in [-0.1, -0.05) is 11.2 Å². The molecule has 3 rings (SSSR count). The minimum absolute atomic E-state index is 0.190. The number of nitrogens with one attached hydrogen (secondary N) is 2. The highest BCUT2D eigenvalue weighted by molar-refractivity contribution is 5.86. The van der Waals surface area contributed by atoms with E-state index >= 15 is 0 Å². The minimum Gasteiger partial charge on any atom is -0.493 e. The van der Waals surface area contributed by atoms with Crippen molar-refractivity contribution in [3.05, 3.63) is 41.3 Å². The predicted molar refractivity (Wildman–Crippen MR) is 93.3 cm³/mol. The molecule has 0 saturated carbocycles. The predicted octanol–water partition coefficient (Wildman–Crippen LogP) is 0.873. The average Bonchev–Trinajstić information content (AvgIpc) is 3.10. The van der Waals surface area contributed by atoms with Gasteiger partial charge in [0.15, 0.2) is 17.6 Å². The van der Waals surface area contributed by atoms with E-state index in [2.05, 4.69) is 15.8 Å². The third-order valence-electron chi connectivity index (χ3n) is 4.16. The number of nitrogens with zero attached hydrogens (tertiary/aromatic N) is 1. The number of amides is 2. The van der Waals surface area contributed by atoms with Gasteiger partial charge in [0, 0.05) is 6.07 Å². The number of methoxy groups -OCH3 is 2. The van der Waals surface area contributed by atoms with Crippen LogP contribution >= 0.6 is 0 Å². The number of aryl methyl sites for hydroxylation is 1. The third kappa shape index (κ3) is 4.20. The summed E-state index contributed by atoms with van der Waals surface area (Å²) in [7, 11) is 3.05. The SMILES string of the molecule is COc1ccc(C2NC(=O)COC2C(=O)NCc2cc(C)on2)cc1OC. The first kappa shape index (κ1) is 18.7. The fourth-order valence-electron chi connectivity index (χ4n) is 2.86. The Labute approximate surface area is 155 Å². The Hall–Kier alpha value is -3.07. The molecule has 2 aromatic rings. The summed E-state index contributed by atoms with van der Waals surface area (Å²) < 4.78 is 21.0. The Morgan fingerprint density at radius 1 is 1.30 bits per heavy atom. The molecule has 144 valence electrons. The number of carbonyl (C=O) groups is 2. The highest BCUT2D eigenvalue weighted by Gasteiger charge is 2.36. The van der Waals surface area contributed by atoms with Gasteiger partial charge in [-0.3, -0.25) is 9.59 Å². The molecule has 1 aromatic carbocycles. The summed E-state index contributed by atoms with van der Waals surface area (Å²) in [6.45, 7) is 1.78. The van der Waals surface area contributed by atoms with E-state index in [1.54, 1.807) is 31.2 Å². The molecule has 0 radical (unpaired) electrons. The molecule has 2 N–H and O–H groups in total. The number of carbonyl (C=O) groups excluding carboxylic acids is 2. The summed E-state index contributed by atoms with van der Waals surface area (Å²) >= 11 is 0. The van der Waals surface area contributed by atoms with Gasteiger partial charge in [-0.25, -0.2) is 0 Å². The largest absolute Gasteiger partial charge is 0.493 e. The van der Waals surface area contributed by atoms with Gasteiger partial charge < -0.3 is 29.4 Å². The van der Waals surface area contributed by atoms with E-state index in [-0.39, 0.29) is 25.0 Å². The van der Waals surface area contributed by atoms with Crippen LogP contribution < -0.4 is 20.1 Å². The normalized spacial score (nSPS) is 19.3. The Balaban J connectivity index is 1.78. The molecule has 1 aliphatic rings. The molecule has 2 unspecified atom stereocenters. The van der Waals surface area contributed by atoms with Gasteiger partial charge in [0.2, 0.25) is 5.91 Å². The Kier molecular flexibility index (Phi) is 5.60.